The number of hydrogen-bond acceptors (Lipinski definition) is 3. The Labute approximate surface area is 155 Å². The molecule has 0 aromatic heterocycles. The summed E-state index contributed by atoms with van der Waals surface area (Å²) in [5.74, 6) is 1.84. The van der Waals surface area contributed by atoms with Crippen LogP contribution in [0.5, 0.6) is 0 Å². The second-order valence-electron chi connectivity index (χ2n) is 7.71. The standard InChI is InChI=1S/C20H40N4O/c1-3-21-20(23-14-10-18-11-15-24(2)16-12-18)22-13-7-17-25-19-8-5-4-6-9-19/h18-19H,3-17H2,1-2H3,(H2,21,22,23). The van der Waals surface area contributed by atoms with E-state index in [9.17, 15) is 0 Å². The maximum Gasteiger partial charge on any atom is 0.191 e. The molecule has 0 amide bonds. The molecule has 1 aliphatic heterocycles. The summed E-state index contributed by atoms with van der Waals surface area (Å²) in [4.78, 5) is 7.13. The van der Waals surface area contributed by atoms with Gasteiger partial charge in [0.25, 0.3) is 0 Å². The SMILES string of the molecule is CCNC(=NCCCOC1CCCCC1)NCCC1CCN(C)CC1. The molecule has 1 saturated carbocycles. The quantitative estimate of drug-likeness (QED) is 0.380. The van der Waals surface area contributed by atoms with E-state index in [1.54, 1.807) is 0 Å². The topological polar surface area (TPSA) is 48.9 Å². The first-order valence-corrected chi connectivity index (χ1v) is 10.6. The lowest BCUT2D eigenvalue weighted by Gasteiger charge is -2.29. The Kier molecular flexibility index (Phi) is 10.3. The van der Waals surface area contributed by atoms with Gasteiger partial charge in [0.2, 0.25) is 0 Å². The maximum atomic E-state index is 5.98. The molecule has 0 unspecified atom stereocenters. The number of ether oxygens (including phenoxy) is 1. The van der Waals surface area contributed by atoms with Crippen LogP contribution in [0.25, 0.3) is 0 Å². The van der Waals surface area contributed by atoms with Gasteiger partial charge < -0.3 is 20.3 Å². The van der Waals surface area contributed by atoms with E-state index in [-0.39, 0.29) is 0 Å². The zero-order chi connectivity index (χ0) is 17.7. The number of guanidine groups is 1. The fraction of sp³-hybridized carbons (Fsp3) is 0.950. The molecule has 5 heteroatoms. The maximum absolute atomic E-state index is 5.98. The molecular weight excluding hydrogens is 312 g/mol. The van der Waals surface area contributed by atoms with E-state index in [4.69, 9.17) is 9.73 Å². The monoisotopic (exact) mass is 352 g/mol. The first kappa shape index (κ1) is 20.5. The van der Waals surface area contributed by atoms with E-state index in [2.05, 4.69) is 29.5 Å². The normalized spacial score (nSPS) is 21.4. The molecule has 1 aliphatic carbocycles. The summed E-state index contributed by atoms with van der Waals surface area (Å²) in [6.07, 6.45) is 12.0. The molecular formula is C20H40N4O. The van der Waals surface area contributed by atoms with Gasteiger partial charge in [0.1, 0.15) is 0 Å². The van der Waals surface area contributed by atoms with Gasteiger partial charge in [-0.1, -0.05) is 19.3 Å². The van der Waals surface area contributed by atoms with Crippen LogP contribution in [-0.2, 0) is 4.74 Å². The molecule has 146 valence electrons. The third-order valence-corrected chi connectivity index (χ3v) is 5.51. The van der Waals surface area contributed by atoms with E-state index >= 15 is 0 Å². The molecule has 1 heterocycles. The minimum Gasteiger partial charge on any atom is -0.378 e. The molecule has 2 rings (SSSR count). The highest BCUT2D eigenvalue weighted by atomic mass is 16.5. The van der Waals surface area contributed by atoms with Crippen LogP contribution in [0.15, 0.2) is 4.99 Å². The van der Waals surface area contributed by atoms with Crippen molar-refractivity contribution in [1.82, 2.24) is 15.5 Å². The summed E-state index contributed by atoms with van der Waals surface area (Å²) in [6.45, 7) is 8.26. The molecule has 0 aromatic carbocycles. The van der Waals surface area contributed by atoms with Gasteiger partial charge >= 0.3 is 0 Å². The van der Waals surface area contributed by atoms with Gasteiger partial charge in [-0.25, -0.2) is 0 Å². The highest BCUT2D eigenvalue weighted by Gasteiger charge is 2.16. The largest absolute Gasteiger partial charge is 0.378 e. The van der Waals surface area contributed by atoms with Crippen LogP contribution in [0.4, 0.5) is 0 Å². The van der Waals surface area contributed by atoms with E-state index in [1.807, 2.05) is 0 Å². The molecule has 0 radical (unpaired) electrons. The molecule has 0 bridgehead atoms. The van der Waals surface area contributed by atoms with Crippen LogP contribution in [0, 0.1) is 5.92 Å². The number of rotatable bonds is 9. The Hall–Kier alpha value is -0.810. The summed E-state index contributed by atoms with van der Waals surface area (Å²) in [6, 6.07) is 0. The molecule has 5 nitrogen and oxygen atoms in total. The van der Waals surface area contributed by atoms with E-state index in [1.165, 1.54) is 64.5 Å². The number of nitrogens with zero attached hydrogens (tertiary/aromatic N) is 2. The summed E-state index contributed by atoms with van der Waals surface area (Å²) in [5.41, 5.74) is 0. The lowest BCUT2D eigenvalue weighted by Crippen LogP contribution is -2.39. The van der Waals surface area contributed by atoms with Crippen LogP contribution < -0.4 is 10.6 Å². The lowest BCUT2D eigenvalue weighted by atomic mass is 9.94. The third kappa shape index (κ3) is 8.91. The summed E-state index contributed by atoms with van der Waals surface area (Å²) in [7, 11) is 2.22. The van der Waals surface area contributed by atoms with Crippen LogP contribution in [0.3, 0.4) is 0 Å². The van der Waals surface area contributed by atoms with Gasteiger partial charge in [0.05, 0.1) is 6.10 Å². The minimum atomic E-state index is 0.513. The fourth-order valence-corrected chi connectivity index (χ4v) is 3.82. The van der Waals surface area contributed by atoms with E-state index in [0.29, 0.717) is 6.10 Å². The first-order chi connectivity index (χ1) is 12.3. The minimum absolute atomic E-state index is 0.513. The van der Waals surface area contributed by atoms with Crippen molar-refractivity contribution < 1.29 is 4.74 Å². The smallest absolute Gasteiger partial charge is 0.191 e. The van der Waals surface area contributed by atoms with Crippen LogP contribution in [0.1, 0.15) is 64.7 Å². The predicted molar refractivity (Wildman–Crippen MR) is 106 cm³/mol. The predicted octanol–water partition coefficient (Wildman–Crippen LogP) is 3.01. The number of hydrogen-bond donors (Lipinski definition) is 2. The van der Waals surface area contributed by atoms with Gasteiger partial charge in [-0.3, -0.25) is 4.99 Å². The number of likely N-dealkylation sites (tertiary alicyclic amines) is 1. The molecule has 1 saturated heterocycles. The number of aliphatic imine (C=N–C) groups is 1. The van der Waals surface area contributed by atoms with Crippen molar-refractivity contribution in [3.8, 4) is 0 Å². The third-order valence-electron chi connectivity index (χ3n) is 5.51. The summed E-state index contributed by atoms with van der Waals surface area (Å²) >= 11 is 0. The fourth-order valence-electron chi connectivity index (χ4n) is 3.82. The van der Waals surface area contributed by atoms with Crippen LogP contribution in [-0.4, -0.2) is 63.3 Å². The summed E-state index contributed by atoms with van der Waals surface area (Å²) < 4.78 is 5.98. The molecule has 0 aromatic rings. The van der Waals surface area contributed by atoms with Crippen LogP contribution in [0.2, 0.25) is 0 Å². The Bertz CT molecular complexity index is 361. The van der Waals surface area contributed by atoms with Gasteiger partial charge in [-0.15, -0.1) is 0 Å². The van der Waals surface area contributed by atoms with Crippen molar-refractivity contribution in [3.63, 3.8) is 0 Å². The Balaban J connectivity index is 1.55. The average molecular weight is 353 g/mol. The first-order valence-electron chi connectivity index (χ1n) is 10.6. The summed E-state index contributed by atoms with van der Waals surface area (Å²) in [5, 5.41) is 6.86. The average Bonchev–Trinajstić information content (AvgIpc) is 2.64. The Morgan fingerprint density at radius 2 is 1.84 bits per heavy atom. The zero-order valence-corrected chi connectivity index (χ0v) is 16.6. The van der Waals surface area contributed by atoms with Crippen molar-refractivity contribution >= 4 is 5.96 Å². The highest BCUT2D eigenvalue weighted by Crippen LogP contribution is 2.20. The lowest BCUT2D eigenvalue weighted by molar-refractivity contribution is 0.0281. The van der Waals surface area contributed by atoms with Crippen LogP contribution >= 0.6 is 0 Å². The van der Waals surface area contributed by atoms with Crippen molar-refractivity contribution in [1.29, 1.82) is 0 Å². The molecule has 0 atom stereocenters. The van der Waals surface area contributed by atoms with Gasteiger partial charge in [-0.2, -0.15) is 0 Å². The van der Waals surface area contributed by atoms with Gasteiger partial charge in [0.15, 0.2) is 5.96 Å². The zero-order valence-electron chi connectivity index (χ0n) is 16.6. The molecule has 2 fully saturated rings. The van der Waals surface area contributed by atoms with Gasteiger partial charge in [0, 0.05) is 26.2 Å². The molecule has 2 N–H and O–H groups in total. The van der Waals surface area contributed by atoms with Gasteiger partial charge in [-0.05, 0) is 71.5 Å². The number of nitrogens with one attached hydrogen (secondary N) is 2. The van der Waals surface area contributed by atoms with Crippen molar-refractivity contribution in [2.45, 2.75) is 70.8 Å². The molecule has 25 heavy (non-hydrogen) atoms. The van der Waals surface area contributed by atoms with E-state index < -0.39 is 0 Å². The second-order valence-corrected chi connectivity index (χ2v) is 7.71. The van der Waals surface area contributed by atoms with Crippen molar-refractivity contribution in [3.05, 3.63) is 0 Å². The molecule has 2 aliphatic rings. The Morgan fingerprint density at radius 1 is 1.08 bits per heavy atom. The number of piperidine rings is 1. The van der Waals surface area contributed by atoms with E-state index in [0.717, 1.165) is 44.5 Å². The highest BCUT2D eigenvalue weighted by molar-refractivity contribution is 5.79. The second kappa shape index (κ2) is 12.5. The molecule has 0 spiro atoms. The van der Waals surface area contributed by atoms with Crippen molar-refractivity contribution in [2.75, 3.05) is 46.4 Å². The Morgan fingerprint density at radius 3 is 2.56 bits per heavy atom. The van der Waals surface area contributed by atoms with Crippen molar-refractivity contribution in [2.24, 2.45) is 10.9 Å².